The lowest BCUT2D eigenvalue weighted by Crippen LogP contribution is -2.48. The minimum atomic E-state index is -0.788. The summed E-state index contributed by atoms with van der Waals surface area (Å²) < 4.78 is 0. The number of hydrogen-bond donors (Lipinski definition) is 2. The van der Waals surface area contributed by atoms with Crippen molar-refractivity contribution in [1.29, 1.82) is 0 Å². The molecule has 1 rings (SSSR count). The quantitative estimate of drug-likeness (QED) is 0.560. The molecule has 5 nitrogen and oxygen atoms in total. The maximum absolute atomic E-state index is 12.0. The standard InChI is InChI=1S/C16H28N2O3/c1-4-5-6-11-18(3)15(21)17-12-16(14(19)20)9-7-13(2)8-10-16/h4,13H,1,5-12H2,2-3H3,(H,17,21)(H,19,20). The summed E-state index contributed by atoms with van der Waals surface area (Å²) in [4.78, 5) is 25.2. The van der Waals surface area contributed by atoms with Crippen molar-refractivity contribution in [3.05, 3.63) is 12.7 Å². The lowest BCUT2D eigenvalue weighted by atomic mass is 9.71. The highest BCUT2D eigenvalue weighted by Crippen LogP contribution is 2.38. The first-order chi connectivity index (χ1) is 9.91. The van der Waals surface area contributed by atoms with Gasteiger partial charge in [0.2, 0.25) is 0 Å². The smallest absolute Gasteiger partial charge is 0.317 e. The van der Waals surface area contributed by atoms with Gasteiger partial charge in [0.1, 0.15) is 0 Å². The number of nitrogens with one attached hydrogen (secondary N) is 1. The Morgan fingerprint density at radius 1 is 1.43 bits per heavy atom. The van der Waals surface area contributed by atoms with Gasteiger partial charge in [-0.2, -0.15) is 0 Å². The molecule has 2 N–H and O–H groups in total. The minimum absolute atomic E-state index is 0.196. The Kier molecular flexibility index (Phi) is 6.72. The van der Waals surface area contributed by atoms with E-state index in [4.69, 9.17) is 0 Å². The molecule has 0 radical (unpaired) electrons. The van der Waals surface area contributed by atoms with Crippen LogP contribution in [0.2, 0.25) is 0 Å². The van der Waals surface area contributed by atoms with E-state index in [1.807, 2.05) is 6.08 Å². The van der Waals surface area contributed by atoms with Gasteiger partial charge < -0.3 is 15.3 Å². The van der Waals surface area contributed by atoms with Crippen LogP contribution in [-0.2, 0) is 4.79 Å². The molecule has 5 heteroatoms. The van der Waals surface area contributed by atoms with Gasteiger partial charge in [0, 0.05) is 20.1 Å². The Hall–Kier alpha value is -1.52. The van der Waals surface area contributed by atoms with Gasteiger partial charge in [-0.3, -0.25) is 4.79 Å². The second kappa shape index (κ2) is 8.05. The van der Waals surface area contributed by atoms with E-state index in [1.54, 1.807) is 11.9 Å². The molecular weight excluding hydrogens is 268 g/mol. The molecule has 0 aliphatic heterocycles. The van der Waals surface area contributed by atoms with Crippen LogP contribution < -0.4 is 5.32 Å². The van der Waals surface area contributed by atoms with Crippen LogP contribution >= 0.6 is 0 Å². The third-order valence-electron chi connectivity index (χ3n) is 4.51. The Labute approximate surface area is 127 Å². The summed E-state index contributed by atoms with van der Waals surface area (Å²) in [7, 11) is 1.73. The molecular formula is C16H28N2O3. The Bertz CT molecular complexity index is 374. The number of carboxylic acid groups (broad SMARTS) is 1. The van der Waals surface area contributed by atoms with Crippen molar-refractivity contribution in [2.75, 3.05) is 20.1 Å². The van der Waals surface area contributed by atoms with Crippen LogP contribution in [0.3, 0.4) is 0 Å². The van der Waals surface area contributed by atoms with Crippen molar-refractivity contribution in [1.82, 2.24) is 10.2 Å². The van der Waals surface area contributed by atoms with Crippen molar-refractivity contribution in [3.8, 4) is 0 Å². The molecule has 0 atom stereocenters. The molecule has 1 saturated carbocycles. The highest BCUT2D eigenvalue weighted by atomic mass is 16.4. The van der Waals surface area contributed by atoms with E-state index in [1.165, 1.54) is 0 Å². The molecule has 1 aliphatic carbocycles. The number of carboxylic acids is 1. The summed E-state index contributed by atoms with van der Waals surface area (Å²) in [6.45, 7) is 6.67. The van der Waals surface area contributed by atoms with Crippen LogP contribution in [0, 0.1) is 11.3 Å². The van der Waals surface area contributed by atoms with E-state index in [-0.39, 0.29) is 12.6 Å². The zero-order chi connectivity index (χ0) is 15.9. The number of unbranched alkanes of at least 4 members (excludes halogenated alkanes) is 1. The third-order valence-corrected chi connectivity index (χ3v) is 4.51. The normalized spacial score (nSPS) is 25.1. The molecule has 1 aliphatic rings. The van der Waals surface area contributed by atoms with Gasteiger partial charge in [0.05, 0.1) is 5.41 Å². The summed E-state index contributed by atoms with van der Waals surface area (Å²) in [6.07, 6.45) is 6.68. The number of carbonyl (C=O) groups is 2. The molecule has 0 unspecified atom stereocenters. The molecule has 0 saturated heterocycles. The molecule has 0 heterocycles. The summed E-state index contributed by atoms with van der Waals surface area (Å²) in [6, 6.07) is -0.196. The van der Waals surface area contributed by atoms with Crippen molar-refractivity contribution < 1.29 is 14.7 Å². The maximum atomic E-state index is 12.0. The zero-order valence-electron chi connectivity index (χ0n) is 13.2. The fourth-order valence-corrected chi connectivity index (χ4v) is 2.74. The zero-order valence-corrected chi connectivity index (χ0v) is 13.2. The predicted octanol–water partition coefficient (Wildman–Crippen LogP) is 2.88. The second-order valence-corrected chi connectivity index (χ2v) is 6.28. The number of urea groups is 1. The molecule has 21 heavy (non-hydrogen) atoms. The summed E-state index contributed by atoms with van der Waals surface area (Å²) in [5, 5.41) is 12.3. The molecule has 0 aromatic carbocycles. The van der Waals surface area contributed by atoms with Crippen molar-refractivity contribution in [2.24, 2.45) is 11.3 Å². The molecule has 120 valence electrons. The number of aliphatic carboxylic acids is 1. The SMILES string of the molecule is C=CCCCN(C)C(=O)NCC1(C(=O)O)CCC(C)CC1. The Balaban J connectivity index is 2.48. The van der Waals surface area contributed by atoms with Crippen LogP contribution in [0.5, 0.6) is 0 Å². The number of carbonyl (C=O) groups excluding carboxylic acids is 1. The number of rotatable bonds is 7. The van der Waals surface area contributed by atoms with Crippen LogP contribution in [0.25, 0.3) is 0 Å². The maximum Gasteiger partial charge on any atom is 0.317 e. The fourth-order valence-electron chi connectivity index (χ4n) is 2.74. The number of allylic oxidation sites excluding steroid dienone is 1. The van der Waals surface area contributed by atoms with Crippen LogP contribution in [0.15, 0.2) is 12.7 Å². The summed E-state index contributed by atoms with van der Waals surface area (Å²) in [5.41, 5.74) is -0.788. The fraction of sp³-hybridized carbons (Fsp3) is 0.750. The van der Waals surface area contributed by atoms with Gasteiger partial charge in [-0.25, -0.2) is 4.79 Å². The van der Waals surface area contributed by atoms with E-state index >= 15 is 0 Å². The number of amides is 2. The third kappa shape index (κ3) is 5.06. The van der Waals surface area contributed by atoms with E-state index < -0.39 is 11.4 Å². The highest BCUT2D eigenvalue weighted by Gasteiger charge is 2.41. The molecule has 1 fully saturated rings. The largest absolute Gasteiger partial charge is 0.481 e. The lowest BCUT2D eigenvalue weighted by molar-refractivity contribution is -0.151. The Morgan fingerprint density at radius 2 is 2.05 bits per heavy atom. The first-order valence-corrected chi connectivity index (χ1v) is 7.74. The van der Waals surface area contributed by atoms with Crippen LogP contribution in [-0.4, -0.2) is 42.1 Å². The summed E-state index contributed by atoms with van der Waals surface area (Å²) >= 11 is 0. The van der Waals surface area contributed by atoms with Crippen molar-refractivity contribution in [2.45, 2.75) is 45.4 Å². The van der Waals surface area contributed by atoms with E-state index in [0.29, 0.717) is 25.3 Å². The van der Waals surface area contributed by atoms with Gasteiger partial charge in [0.15, 0.2) is 0 Å². The second-order valence-electron chi connectivity index (χ2n) is 6.28. The van der Waals surface area contributed by atoms with Crippen molar-refractivity contribution >= 4 is 12.0 Å². The molecule has 0 aromatic heterocycles. The number of nitrogens with zero attached hydrogens (tertiary/aromatic N) is 1. The molecule has 0 bridgehead atoms. The first kappa shape index (κ1) is 17.5. The lowest BCUT2D eigenvalue weighted by Gasteiger charge is -2.36. The van der Waals surface area contributed by atoms with E-state index in [2.05, 4.69) is 18.8 Å². The molecule has 2 amide bonds. The predicted molar refractivity (Wildman–Crippen MR) is 83.2 cm³/mol. The monoisotopic (exact) mass is 296 g/mol. The average molecular weight is 296 g/mol. The van der Waals surface area contributed by atoms with Crippen LogP contribution in [0.4, 0.5) is 4.79 Å². The first-order valence-electron chi connectivity index (χ1n) is 7.74. The van der Waals surface area contributed by atoms with Crippen LogP contribution in [0.1, 0.15) is 45.4 Å². The molecule has 0 spiro atoms. The number of hydrogen-bond acceptors (Lipinski definition) is 2. The van der Waals surface area contributed by atoms with Gasteiger partial charge in [-0.05, 0) is 44.4 Å². The topological polar surface area (TPSA) is 69.6 Å². The van der Waals surface area contributed by atoms with Crippen molar-refractivity contribution in [3.63, 3.8) is 0 Å². The molecule has 0 aromatic rings. The Morgan fingerprint density at radius 3 is 2.57 bits per heavy atom. The van der Waals surface area contributed by atoms with Gasteiger partial charge in [-0.15, -0.1) is 6.58 Å². The summed E-state index contributed by atoms with van der Waals surface area (Å²) in [5.74, 6) is -0.209. The van der Waals surface area contributed by atoms with Gasteiger partial charge in [0.25, 0.3) is 0 Å². The highest BCUT2D eigenvalue weighted by molar-refractivity contribution is 5.78. The van der Waals surface area contributed by atoms with Gasteiger partial charge >= 0.3 is 12.0 Å². The minimum Gasteiger partial charge on any atom is -0.481 e. The van der Waals surface area contributed by atoms with E-state index in [0.717, 1.165) is 25.7 Å². The van der Waals surface area contributed by atoms with Gasteiger partial charge in [-0.1, -0.05) is 13.0 Å². The van der Waals surface area contributed by atoms with E-state index in [9.17, 15) is 14.7 Å². The average Bonchev–Trinajstić information content (AvgIpc) is 2.46.